The Hall–Kier alpha value is -0.300. The van der Waals surface area contributed by atoms with Crippen LogP contribution in [0.1, 0.15) is 40.5 Å². The highest BCUT2D eigenvalue weighted by Crippen LogP contribution is 2.19. The average Bonchev–Trinajstić information content (AvgIpc) is 1.84. The maximum absolute atomic E-state index is 8.66. The fourth-order valence-electron chi connectivity index (χ4n) is 0.954. The molecule has 1 N–H and O–H groups in total. The molecule has 1 nitrogen and oxygen atoms in total. The predicted molar refractivity (Wildman–Crippen MR) is 54.1 cm³/mol. The van der Waals surface area contributed by atoms with Gasteiger partial charge >= 0.3 is 0 Å². The zero-order valence-corrected chi connectivity index (χ0v) is 8.80. The van der Waals surface area contributed by atoms with Gasteiger partial charge in [-0.1, -0.05) is 39.8 Å². The van der Waals surface area contributed by atoms with E-state index in [2.05, 4.69) is 39.8 Å². The van der Waals surface area contributed by atoms with Crippen LogP contribution in [-0.4, -0.2) is 11.7 Å². The highest BCUT2D eigenvalue weighted by atomic mass is 16.2. The van der Waals surface area contributed by atoms with Crippen LogP contribution in [0.25, 0.3) is 0 Å². The van der Waals surface area contributed by atoms with Gasteiger partial charge in [0.15, 0.2) is 0 Å². The standard InChI is InChI=1S/C11H22O/c1-10(7-9-12)6-5-8-11(2,3)4/h5-6,10,12H,7-9H2,1-4H3/b6-5+. The monoisotopic (exact) mass is 170 g/mol. The van der Waals surface area contributed by atoms with E-state index in [0.29, 0.717) is 17.9 Å². The van der Waals surface area contributed by atoms with Crippen LogP contribution in [0.15, 0.2) is 12.2 Å². The van der Waals surface area contributed by atoms with E-state index in [1.54, 1.807) is 0 Å². The van der Waals surface area contributed by atoms with E-state index in [-0.39, 0.29) is 0 Å². The first kappa shape index (κ1) is 11.7. The van der Waals surface area contributed by atoms with Gasteiger partial charge in [-0.3, -0.25) is 0 Å². The van der Waals surface area contributed by atoms with Crippen LogP contribution in [0.4, 0.5) is 0 Å². The first-order valence-corrected chi connectivity index (χ1v) is 4.73. The number of hydrogen-bond acceptors (Lipinski definition) is 1. The second-order valence-electron chi connectivity index (χ2n) is 4.68. The van der Waals surface area contributed by atoms with Crippen LogP contribution >= 0.6 is 0 Å². The van der Waals surface area contributed by atoms with Crippen molar-refractivity contribution in [2.45, 2.75) is 40.5 Å². The highest BCUT2D eigenvalue weighted by Gasteiger charge is 2.06. The van der Waals surface area contributed by atoms with E-state index in [9.17, 15) is 0 Å². The third kappa shape index (κ3) is 7.80. The molecule has 0 spiro atoms. The molecule has 0 amide bonds. The molecule has 1 unspecified atom stereocenters. The van der Waals surface area contributed by atoms with Crippen molar-refractivity contribution in [2.75, 3.05) is 6.61 Å². The summed E-state index contributed by atoms with van der Waals surface area (Å²) >= 11 is 0. The molecule has 0 aliphatic carbocycles. The summed E-state index contributed by atoms with van der Waals surface area (Å²) in [6, 6.07) is 0. The molecule has 0 aromatic heterocycles. The predicted octanol–water partition coefficient (Wildman–Crippen LogP) is 3.00. The van der Waals surface area contributed by atoms with Gasteiger partial charge in [0.1, 0.15) is 0 Å². The summed E-state index contributed by atoms with van der Waals surface area (Å²) in [5.41, 5.74) is 0.384. The summed E-state index contributed by atoms with van der Waals surface area (Å²) in [4.78, 5) is 0. The fraction of sp³-hybridized carbons (Fsp3) is 0.818. The third-order valence-corrected chi connectivity index (χ3v) is 1.78. The van der Waals surface area contributed by atoms with Crippen LogP contribution in [0, 0.1) is 11.3 Å². The second-order valence-corrected chi connectivity index (χ2v) is 4.68. The molecule has 0 bridgehead atoms. The van der Waals surface area contributed by atoms with Crippen LogP contribution in [-0.2, 0) is 0 Å². The molecule has 0 saturated carbocycles. The van der Waals surface area contributed by atoms with Crippen molar-refractivity contribution < 1.29 is 5.11 Å². The number of hydrogen-bond donors (Lipinski definition) is 1. The van der Waals surface area contributed by atoms with Crippen LogP contribution < -0.4 is 0 Å². The van der Waals surface area contributed by atoms with Gasteiger partial charge in [-0.25, -0.2) is 0 Å². The lowest BCUT2D eigenvalue weighted by Crippen LogP contribution is -2.02. The Morgan fingerprint density at radius 1 is 1.33 bits per heavy atom. The van der Waals surface area contributed by atoms with Gasteiger partial charge in [0.2, 0.25) is 0 Å². The van der Waals surface area contributed by atoms with Gasteiger partial charge < -0.3 is 5.11 Å². The van der Waals surface area contributed by atoms with Gasteiger partial charge in [-0.2, -0.15) is 0 Å². The van der Waals surface area contributed by atoms with E-state index in [1.165, 1.54) is 0 Å². The minimum absolute atomic E-state index is 0.293. The summed E-state index contributed by atoms with van der Waals surface area (Å²) in [5, 5.41) is 8.66. The summed E-state index contributed by atoms with van der Waals surface area (Å²) < 4.78 is 0. The van der Waals surface area contributed by atoms with Crippen molar-refractivity contribution in [1.29, 1.82) is 0 Å². The average molecular weight is 170 g/mol. The molecule has 0 aliphatic rings. The van der Waals surface area contributed by atoms with Crippen LogP contribution in [0.3, 0.4) is 0 Å². The van der Waals surface area contributed by atoms with Crippen molar-refractivity contribution in [3.8, 4) is 0 Å². The van der Waals surface area contributed by atoms with Gasteiger partial charge in [0, 0.05) is 6.61 Å². The molecular formula is C11H22O. The van der Waals surface area contributed by atoms with E-state index in [1.807, 2.05) is 0 Å². The Labute approximate surface area is 76.5 Å². The Bertz CT molecular complexity index is 130. The minimum atomic E-state index is 0.293. The molecule has 0 aromatic carbocycles. The second kappa shape index (κ2) is 5.36. The van der Waals surface area contributed by atoms with Crippen molar-refractivity contribution in [1.82, 2.24) is 0 Å². The van der Waals surface area contributed by atoms with E-state index in [4.69, 9.17) is 5.11 Å². The van der Waals surface area contributed by atoms with Gasteiger partial charge in [-0.15, -0.1) is 0 Å². The third-order valence-electron chi connectivity index (χ3n) is 1.78. The van der Waals surface area contributed by atoms with Gasteiger partial charge in [-0.05, 0) is 24.2 Å². The highest BCUT2D eigenvalue weighted by molar-refractivity contribution is 4.89. The normalized spacial score (nSPS) is 15.4. The zero-order valence-electron chi connectivity index (χ0n) is 8.80. The molecule has 0 radical (unpaired) electrons. The Kier molecular flexibility index (Phi) is 5.23. The molecule has 0 fully saturated rings. The smallest absolute Gasteiger partial charge is 0.0436 e. The van der Waals surface area contributed by atoms with Crippen molar-refractivity contribution in [2.24, 2.45) is 11.3 Å². The van der Waals surface area contributed by atoms with Gasteiger partial charge in [0.05, 0.1) is 0 Å². The molecule has 0 aromatic rings. The SMILES string of the molecule is CC(/C=C/CC(C)(C)C)CCO. The van der Waals surface area contributed by atoms with E-state index >= 15 is 0 Å². The lowest BCUT2D eigenvalue weighted by atomic mass is 9.91. The van der Waals surface area contributed by atoms with Crippen molar-refractivity contribution in [3.63, 3.8) is 0 Å². The maximum atomic E-state index is 8.66. The number of aliphatic hydroxyl groups is 1. The van der Waals surface area contributed by atoms with Crippen LogP contribution in [0.5, 0.6) is 0 Å². The first-order chi connectivity index (χ1) is 5.45. The molecule has 72 valence electrons. The largest absolute Gasteiger partial charge is 0.396 e. The zero-order chi connectivity index (χ0) is 9.61. The van der Waals surface area contributed by atoms with Crippen molar-refractivity contribution in [3.05, 3.63) is 12.2 Å². The Morgan fingerprint density at radius 2 is 1.92 bits per heavy atom. The summed E-state index contributed by atoms with van der Waals surface area (Å²) in [7, 11) is 0. The summed E-state index contributed by atoms with van der Waals surface area (Å²) in [6.45, 7) is 9.12. The Balaban J connectivity index is 3.61. The molecule has 0 aliphatic heterocycles. The molecule has 0 saturated heterocycles. The van der Waals surface area contributed by atoms with E-state index < -0.39 is 0 Å². The number of aliphatic hydroxyl groups excluding tert-OH is 1. The molecule has 12 heavy (non-hydrogen) atoms. The van der Waals surface area contributed by atoms with Crippen molar-refractivity contribution >= 4 is 0 Å². The number of allylic oxidation sites excluding steroid dienone is 2. The lowest BCUT2D eigenvalue weighted by molar-refractivity contribution is 0.274. The Morgan fingerprint density at radius 3 is 2.33 bits per heavy atom. The fourth-order valence-corrected chi connectivity index (χ4v) is 0.954. The summed E-state index contributed by atoms with van der Waals surface area (Å²) in [5.74, 6) is 0.511. The minimum Gasteiger partial charge on any atom is -0.396 e. The summed E-state index contributed by atoms with van der Waals surface area (Å²) in [6.07, 6.45) is 6.41. The maximum Gasteiger partial charge on any atom is 0.0436 e. The number of rotatable bonds is 4. The quantitative estimate of drug-likeness (QED) is 0.643. The molecule has 0 heterocycles. The molecule has 1 heteroatoms. The van der Waals surface area contributed by atoms with Crippen LogP contribution in [0.2, 0.25) is 0 Å². The van der Waals surface area contributed by atoms with Gasteiger partial charge in [0.25, 0.3) is 0 Å². The molecule has 0 rings (SSSR count). The molecular weight excluding hydrogens is 148 g/mol. The van der Waals surface area contributed by atoms with E-state index in [0.717, 1.165) is 12.8 Å². The topological polar surface area (TPSA) is 20.2 Å². The molecule has 1 atom stereocenters. The lowest BCUT2D eigenvalue weighted by Gasteiger charge is -2.15. The first-order valence-electron chi connectivity index (χ1n) is 4.73.